The highest BCUT2D eigenvalue weighted by Gasteiger charge is 2.27. The van der Waals surface area contributed by atoms with Crippen LogP contribution in [0, 0.1) is 5.92 Å². The Morgan fingerprint density at radius 2 is 1.92 bits per heavy atom. The molecule has 1 fully saturated rings. The molecule has 0 aromatic rings. The molecule has 1 aliphatic heterocycles. The monoisotopic (exact) mass is 182 g/mol. The second-order valence-corrected chi connectivity index (χ2v) is 3.90. The molecule has 13 heavy (non-hydrogen) atoms. The molecule has 0 bridgehead atoms. The molecule has 0 aromatic carbocycles. The van der Waals surface area contributed by atoms with Gasteiger partial charge in [-0.2, -0.15) is 0 Å². The third-order valence-electron chi connectivity index (χ3n) is 2.50. The highest BCUT2D eigenvalue weighted by molar-refractivity contribution is 5.83. The smallest absolute Gasteiger partial charge is 0.247 e. The van der Waals surface area contributed by atoms with Gasteiger partial charge in [0.25, 0.3) is 0 Å². The summed E-state index contributed by atoms with van der Waals surface area (Å²) >= 11 is 0. The van der Waals surface area contributed by atoms with Crippen molar-refractivity contribution in [3.63, 3.8) is 0 Å². The van der Waals surface area contributed by atoms with Crippen molar-refractivity contribution < 1.29 is 4.79 Å². The summed E-state index contributed by atoms with van der Waals surface area (Å²) in [5.74, 6) is 0.410. The summed E-state index contributed by atoms with van der Waals surface area (Å²) in [5, 5.41) is 0. The lowest BCUT2D eigenvalue weighted by molar-refractivity contribution is -0.132. The van der Waals surface area contributed by atoms with Gasteiger partial charge in [-0.3, -0.25) is 9.79 Å². The van der Waals surface area contributed by atoms with Gasteiger partial charge in [0, 0.05) is 13.1 Å². The van der Waals surface area contributed by atoms with E-state index in [1.165, 1.54) is 0 Å². The summed E-state index contributed by atoms with van der Waals surface area (Å²) in [5.41, 5.74) is 0. The van der Waals surface area contributed by atoms with Crippen LogP contribution < -0.4 is 0 Å². The van der Waals surface area contributed by atoms with Crippen molar-refractivity contribution in [3.8, 4) is 0 Å². The molecule has 0 saturated carbocycles. The number of aliphatic imine (C=N–C) groups is 1. The molecule has 0 aliphatic carbocycles. The first-order chi connectivity index (χ1) is 6.16. The van der Waals surface area contributed by atoms with E-state index in [0.717, 1.165) is 25.9 Å². The number of rotatable bonds is 3. The maximum atomic E-state index is 11.8. The third-order valence-corrected chi connectivity index (χ3v) is 2.50. The Balaban J connectivity index is 2.57. The van der Waals surface area contributed by atoms with Crippen molar-refractivity contribution in [1.82, 2.24) is 4.90 Å². The molecule has 1 amide bonds. The first-order valence-electron chi connectivity index (χ1n) is 4.91. The lowest BCUT2D eigenvalue weighted by atomic mass is 10.0. The first-order valence-corrected chi connectivity index (χ1v) is 4.91. The zero-order valence-corrected chi connectivity index (χ0v) is 8.49. The highest BCUT2D eigenvalue weighted by atomic mass is 16.2. The molecule has 1 atom stereocenters. The van der Waals surface area contributed by atoms with Crippen molar-refractivity contribution in [3.05, 3.63) is 0 Å². The Hall–Kier alpha value is -0.860. The van der Waals surface area contributed by atoms with Crippen molar-refractivity contribution in [2.75, 3.05) is 13.1 Å². The van der Waals surface area contributed by atoms with E-state index in [-0.39, 0.29) is 17.9 Å². The van der Waals surface area contributed by atoms with Crippen molar-refractivity contribution in [2.24, 2.45) is 10.9 Å². The predicted molar refractivity (Wildman–Crippen MR) is 54.0 cm³/mol. The van der Waals surface area contributed by atoms with Crippen molar-refractivity contribution in [1.29, 1.82) is 0 Å². The van der Waals surface area contributed by atoms with Gasteiger partial charge in [0.05, 0.1) is 0 Å². The molecule has 0 radical (unpaired) electrons. The number of carbonyl (C=O) groups excluding carboxylic acids is 1. The van der Waals surface area contributed by atoms with E-state index < -0.39 is 0 Å². The molecule has 0 unspecified atom stereocenters. The number of likely N-dealkylation sites (tertiary alicyclic amines) is 1. The van der Waals surface area contributed by atoms with E-state index in [1.807, 2.05) is 18.7 Å². The summed E-state index contributed by atoms with van der Waals surface area (Å²) in [7, 11) is 0. The predicted octanol–water partition coefficient (Wildman–Crippen LogP) is 1.33. The molecular formula is C10H18N2O. The minimum atomic E-state index is -0.238. The summed E-state index contributed by atoms with van der Waals surface area (Å²) in [4.78, 5) is 17.6. The second-order valence-electron chi connectivity index (χ2n) is 3.90. The number of hydrogen-bond acceptors (Lipinski definition) is 2. The quantitative estimate of drug-likeness (QED) is 0.606. The van der Waals surface area contributed by atoms with E-state index in [9.17, 15) is 4.79 Å². The van der Waals surface area contributed by atoms with Gasteiger partial charge in [0.15, 0.2) is 0 Å². The molecule has 0 N–H and O–H groups in total. The minimum Gasteiger partial charge on any atom is -0.341 e. The van der Waals surface area contributed by atoms with Gasteiger partial charge in [0.1, 0.15) is 6.04 Å². The van der Waals surface area contributed by atoms with E-state index >= 15 is 0 Å². The van der Waals surface area contributed by atoms with Gasteiger partial charge in [-0.25, -0.2) is 0 Å². The van der Waals surface area contributed by atoms with Gasteiger partial charge in [-0.1, -0.05) is 13.8 Å². The first kappa shape index (κ1) is 10.2. The van der Waals surface area contributed by atoms with E-state index in [0.29, 0.717) is 0 Å². The van der Waals surface area contributed by atoms with Crippen LogP contribution in [-0.4, -0.2) is 36.7 Å². The number of nitrogens with zero attached hydrogens (tertiary/aromatic N) is 2. The van der Waals surface area contributed by atoms with Gasteiger partial charge >= 0.3 is 0 Å². The highest BCUT2D eigenvalue weighted by Crippen LogP contribution is 2.14. The zero-order chi connectivity index (χ0) is 9.84. The topological polar surface area (TPSA) is 32.7 Å². The van der Waals surface area contributed by atoms with Gasteiger partial charge in [0.2, 0.25) is 5.91 Å². The van der Waals surface area contributed by atoms with Crippen LogP contribution in [0.1, 0.15) is 26.7 Å². The number of hydrogen-bond donors (Lipinski definition) is 0. The normalized spacial score (nSPS) is 19.2. The average molecular weight is 182 g/mol. The minimum absolute atomic E-state index is 0.155. The van der Waals surface area contributed by atoms with Crippen LogP contribution in [-0.2, 0) is 4.79 Å². The fourth-order valence-electron chi connectivity index (χ4n) is 1.70. The van der Waals surface area contributed by atoms with Gasteiger partial charge in [-0.15, -0.1) is 0 Å². The Bertz CT molecular complexity index is 195. The summed E-state index contributed by atoms with van der Waals surface area (Å²) in [6.07, 6.45) is 2.27. The third kappa shape index (κ3) is 2.29. The van der Waals surface area contributed by atoms with Crippen LogP contribution in [0.2, 0.25) is 0 Å². The lowest BCUT2D eigenvalue weighted by Gasteiger charge is -2.22. The van der Waals surface area contributed by atoms with E-state index in [1.54, 1.807) is 0 Å². The largest absolute Gasteiger partial charge is 0.341 e. The fourth-order valence-corrected chi connectivity index (χ4v) is 1.70. The van der Waals surface area contributed by atoms with E-state index in [4.69, 9.17) is 0 Å². The number of carbonyl (C=O) groups is 1. The van der Waals surface area contributed by atoms with Crippen molar-refractivity contribution in [2.45, 2.75) is 32.7 Å². The molecule has 3 nitrogen and oxygen atoms in total. The maximum Gasteiger partial charge on any atom is 0.247 e. The van der Waals surface area contributed by atoms with Crippen molar-refractivity contribution >= 4 is 12.6 Å². The summed E-state index contributed by atoms with van der Waals surface area (Å²) < 4.78 is 0. The molecule has 74 valence electrons. The molecule has 0 aromatic heterocycles. The fraction of sp³-hybridized carbons (Fsp3) is 0.800. The maximum absolute atomic E-state index is 11.8. The second kappa shape index (κ2) is 4.40. The molecule has 1 heterocycles. The molecular weight excluding hydrogens is 164 g/mol. The summed E-state index contributed by atoms with van der Waals surface area (Å²) in [6, 6.07) is -0.238. The molecule has 0 spiro atoms. The standard InChI is InChI=1S/C10H18N2O/c1-8(2)9(11-3)10(13)12-6-4-5-7-12/h8-9H,3-7H2,1-2H3/t9-/m1/s1. The summed E-state index contributed by atoms with van der Waals surface area (Å²) in [6.45, 7) is 9.29. The van der Waals surface area contributed by atoms with Gasteiger partial charge in [-0.05, 0) is 25.5 Å². The molecule has 1 aliphatic rings. The number of amides is 1. The molecule has 1 saturated heterocycles. The SMILES string of the molecule is C=N[C@@H](C(=O)N1CCCC1)C(C)C. The zero-order valence-electron chi connectivity index (χ0n) is 8.49. The van der Waals surface area contributed by atoms with Crippen LogP contribution in [0.5, 0.6) is 0 Å². The lowest BCUT2D eigenvalue weighted by Crippen LogP contribution is -2.38. The Labute approximate surface area is 79.8 Å². The Morgan fingerprint density at radius 3 is 2.31 bits per heavy atom. The molecule has 1 rings (SSSR count). The van der Waals surface area contributed by atoms with Crippen LogP contribution in [0.25, 0.3) is 0 Å². The van der Waals surface area contributed by atoms with Gasteiger partial charge < -0.3 is 4.90 Å². The average Bonchev–Trinajstić information content (AvgIpc) is 2.56. The van der Waals surface area contributed by atoms with Crippen LogP contribution in [0.15, 0.2) is 4.99 Å². The molecule has 3 heteroatoms. The van der Waals surface area contributed by atoms with Crippen LogP contribution in [0.4, 0.5) is 0 Å². The van der Waals surface area contributed by atoms with Crippen LogP contribution >= 0.6 is 0 Å². The van der Waals surface area contributed by atoms with E-state index in [2.05, 4.69) is 11.7 Å². The Morgan fingerprint density at radius 1 is 1.38 bits per heavy atom. The van der Waals surface area contributed by atoms with Crippen LogP contribution in [0.3, 0.4) is 0 Å². The Kier molecular flexibility index (Phi) is 3.46.